The molecule has 1 N–H and O–H groups in total. The highest BCUT2D eigenvalue weighted by atomic mass is 16.3. The summed E-state index contributed by atoms with van der Waals surface area (Å²) in [6.45, 7) is 2.16. The molecule has 3 aromatic rings. The molecule has 0 bridgehead atoms. The number of likely N-dealkylation sites (tertiary alicyclic amines) is 1. The number of benzene rings is 1. The number of carbonyl (C=O) groups excluding carboxylic acids is 2. The highest BCUT2D eigenvalue weighted by molar-refractivity contribution is 6.46. The SMILES string of the molecule is Cc1ccccc1C1/C(=C(/O)c2ccncc2)C(=O)C(=O)N1Cc1ccncc1. The number of aliphatic hydroxyl groups excluding tert-OH is 1. The van der Waals surface area contributed by atoms with E-state index in [-0.39, 0.29) is 17.9 Å². The monoisotopic (exact) mass is 385 g/mol. The summed E-state index contributed by atoms with van der Waals surface area (Å²) >= 11 is 0. The van der Waals surface area contributed by atoms with Crippen molar-refractivity contribution in [3.8, 4) is 0 Å². The van der Waals surface area contributed by atoms with Crippen LogP contribution in [0.1, 0.15) is 28.3 Å². The predicted molar refractivity (Wildman–Crippen MR) is 107 cm³/mol. The van der Waals surface area contributed by atoms with Crippen molar-refractivity contribution >= 4 is 17.4 Å². The van der Waals surface area contributed by atoms with E-state index in [0.29, 0.717) is 5.56 Å². The molecule has 2 aromatic heterocycles. The van der Waals surface area contributed by atoms with Gasteiger partial charge in [0.2, 0.25) is 0 Å². The molecule has 1 aromatic carbocycles. The van der Waals surface area contributed by atoms with Crippen LogP contribution in [0, 0.1) is 6.92 Å². The fourth-order valence-corrected chi connectivity index (χ4v) is 3.61. The Hall–Kier alpha value is -3.80. The number of pyridine rings is 2. The van der Waals surface area contributed by atoms with E-state index in [1.807, 2.05) is 31.2 Å². The Bertz CT molecular complexity index is 1090. The van der Waals surface area contributed by atoms with Crippen LogP contribution in [-0.2, 0) is 16.1 Å². The highest BCUT2D eigenvalue weighted by Crippen LogP contribution is 2.41. The zero-order chi connectivity index (χ0) is 20.4. The lowest BCUT2D eigenvalue weighted by molar-refractivity contribution is -0.140. The molecule has 0 aliphatic carbocycles. The van der Waals surface area contributed by atoms with E-state index in [9.17, 15) is 14.7 Å². The predicted octanol–water partition coefficient (Wildman–Crippen LogP) is 3.41. The molecule has 0 spiro atoms. The molecule has 1 amide bonds. The molecule has 4 rings (SSSR count). The van der Waals surface area contributed by atoms with Crippen molar-refractivity contribution in [3.05, 3.63) is 101 Å². The molecular weight excluding hydrogens is 366 g/mol. The Morgan fingerprint density at radius 3 is 2.24 bits per heavy atom. The molecule has 1 aliphatic heterocycles. The first-order valence-corrected chi connectivity index (χ1v) is 9.21. The zero-order valence-electron chi connectivity index (χ0n) is 15.8. The normalized spacial score (nSPS) is 18.2. The Morgan fingerprint density at radius 1 is 0.966 bits per heavy atom. The lowest BCUT2D eigenvalue weighted by Gasteiger charge is -2.26. The van der Waals surface area contributed by atoms with Crippen molar-refractivity contribution in [1.29, 1.82) is 0 Å². The van der Waals surface area contributed by atoms with Gasteiger partial charge in [0.15, 0.2) is 0 Å². The third kappa shape index (κ3) is 3.40. The molecule has 1 atom stereocenters. The van der Waals surface area contributed by atoms with Gasteiger partial charge in [-0.25, -0.2) is 0 Å². The Labute approximate surface area is 168 Å². The van der Waals surface area contributed by atoms with Gasteiger partial charge in [-0.2, -0.15) is 0 Å². The van der Waals surface area contributed by atoms with E-state index >= 15 is 0 Å². The van der Waals surface area contributed by atoms with Gasteiger partial charge in [-0.3, -0.25) is 19.6 Å². The average Bonchev–Trinajstić information content (AvgIpc) is 3.00. The van der Waals surface area contributed by atoms with E-state index in [4.69, 9.17) is 0 Å². The molecule has 3 heterocycles. The van der Waals surface area contributed by atoms with Crippen LogP contribution in [0.4, 0.5) is 0 Å². The fourth-order valence-electron chi connectivity index (χ4n) is 3.61. The standard InChI is InChI=1S/C23H19N3O3/c1-15-4-2-3-5-18(15)20-19(21(27)17-8-12-25-13-9-17)22(28)23(29)26(20)14-16-6-10-24-11-7-16/h2-13,20,27H,14H2,1H3/b21-19-. The molecule has 1 aliphatic rings. The van der Waals surface area contributed by atoms with Gasteiger partial charge in [0.1, 0.15) is 5.76 Å². The lowest BCUT2D eigenvalue weighted by atomic mass is 9.92. The minimum atomic E-state index is -0.693. The summed E-state index contributed by atoms with van der Waals surface area (Å²) < 4.78 is 0. The average molecular weight is 385 g/mol. The molecule has 6 heteroatoms. The number of hydrogen-bond acceptors (Lipinski definition) is 5. The molecule has 1 unspecified atom stereocenters. The van der Waals surface area contributed by atoms with Gasteiger partial charge in [-0.15, -0.1) is 0 Å². The summed E-state index contributed by atoms with van der Waals surface area (Å²) in [6, 6.07) is 13.7. The summed E-state index contributed by atoms with van der Waals surface area (Å²) in [6.07, 6.45) is 6.35. The number of ketones is 1. The van der Waals surface area contributed by atoms with Crippen LogP contribution in [0.3, 0.4) is 0 Å². The lowest BCUT2D eigenvalue weighted by Crippen LogP contribution is -2.29. The van der Waals surface area contributed by atoms with Gasteiger partial charge < -0.3 is 10.0 Å². The van der Waals surface area contributed by atoms with Crippen LogP contribution in [0.2, 0.25) is 0 Å². The van der Waals surface area contributed by atoms with Crippen molar-refractivity contribution < 1.29 is 14.7 Å². The minimum Gasteiger partial charge on any atom is -0.507 e. The number of rotatable bonds is 4. The van der Waals surface area contributed by atoms with E-state index < -0.39 is 17.7 Å². The number of aliphatic hydroxyl groups is 1. The van der Waals surface area contributed by atoms with E-state index in [2.05, 4.69) is 9.97 Å². The quantitative estimate of drug-likeness (QED) is 0.423. The van der Waals surface area contributed by atoms with Gasteiger partial charge >= 0.3 is 0 Å². The summed E-state index contributed by atoms with van der Waals surface area (Å²) in [5, 5.41) is 11.0. The van der Waals surface area contributed by atoms with Crippen LogP contribution in [0.25, 0.3) is 5.76 Å². The number of aromatic nitrogens is 2. The topological polar surface area (TPSA) is 83.4 Å². The Balaban J connectivity index is 1.89. The maximum Gasteiger partial charge on any atom is 0.295 e. The smallest absolute Gasteiger partial charge is 0.295 e. The van der Waals surface area contributed by atoms with Crippen molar-refractivity contribution in [2.45, 2.75) is 19.5 Å². The van der Waals surface area contributed by atoms with Crippen molar-refractivity contribution in [1.82, 2.24) is 14.9 Å². The van der Waals surface area contributed by atoms with Gasteiger partial charge in [-0.1, -0.05) is 24.3 Å². The zero-order valence-corrected chi connectivity index (χ0v) is 15.8. The number of hydrogen-bond donors (Lipinski definition) is 1. The number of nitrogens with zero attached hydrogens (tertiary/aromatic N) is 3. The third-order valence-corrected chi connectivity index (χ3v) is 5.08. The van der Waals surface area contributed by atoms with Gasteiger partial charge in [0, 0.05) is 36.9 Å². The first-order chi connectivity index (χ1) is 14.1. The summed E-state index contributed by atoms with van der Waals surface area (Å²) in [5.74, 6) is -1.52. The number of Topliss-reactive ketones (excluding diaryl/α,β-unsaturated/α-hetero) is 1. The summed E-state index contributed by atoms with van der Waals surface area (Å²) in [7, 11) is 0. The number of aryl methyl sites for hydroxylation is 1. The molecule has 144 valence electrons. The molecule has 0 radical (unpaired) electrons. The van der Waals surface area contributed by atoms with Crippen LogP contribution in [0.15, 0.2) is 78.9 Å². The maximum atomic E-state index is 13.0. The van der Waals surface area contributed by atoms with Crippen LogP contribution in [-0.4, -0.2) is 31.7 Å². The molecule has 1 fully saturated rings. The van der Waals surface area contributed by atoms with Crippen molar-refractivity contribution in [3.63, 3.8) is 0 Å². The number of carbonyl (C=O) groups is 2. The second-order valence-corrected chi connectivity index (χ2v) is 6.87. The largest absolute Gasteiger partial charge is 0.507 e. The maximum absolute atomic E-state index is 13.0. The summed E-state index contributed by atoms with van der Waals surface area (Å²) in [4.78, 5) is 35.4. The molecular formula is C23H19N3O3. The first kappa shape index (κ1) is 18.6. The van der Waals surface area contributed by atoms with Gasteiger partial charge in [-0.05, 0) is 47.9 Å². The van der Waals surface area contributed by atoms with Crippen molar-refractivity contribution in [2.24, 2.45) is 0 Å². The van der Waals surface area contributed by atoms with Crippen LogP contribution < -0.4 is 0 Å². The second-order valence-electron chi connectivity index (χ2n) is 6.87. The Morgan fingerprint density at radius 2 is 1.59 bits per heavy atom. The van der Waals surface area contributed by atoms with E-state index in [0.717, 1.165) is 16.7 Å². The fraction of sp³-hybridized carbons (Fsp3) is 0.130. The van der Waals surface area contributed by atoms with Crippen LogP contribution in [0.5, 0.6) is 0 Å². The first-order valence-electron chi connectivity index (χ1n) is 9.21. The van der Waals surface area contributed by atoms with Crippen molar-refractivity contribution in [2.75, 3.05) is 0 Å². The highest BCUT2D eigenvalue weighted by Gasteiger charge is 2.46. The number of amides is 1. The van der Waals surface area contributed by atoms with Gasteiger partial charge in [0.25, 0.3) is 11.7 Å². The molecule has 6 nitrogen and oxygen atoms in total. The Kier molecular flexibility index (Phi) is 4.91. The van der Waals surface area contributed by atoms with Crippen LogP contribution >= 0.6 is 0 Å². The molecule has 29 heavy (non-hydrogen) atoms. The molecule has 1 saturated heterocycles. The third-order valence-electron chi connectivity index (χ3n) is 5.08. The van der Waals surface area contributed by atoms with E-state index in [1.54, 1.807) is 36.7 Å². The van der Waals surface area contributed by atoms with Gasteiger partial charge in [0.05, 0.1) is 11.6 Å². The molecule has 0 saturated carbocycles. The summed E-state index contributed by atoms with van der Waals surface area (Å²) in [5.41, 5.74) is 3.12. The van der Waals surface area contributed by atoms with E-state index in [1.165, 1.54) is 17.3 Å². The minimum absolute atomic E-state index is 0.0876. The second kappa shape index (κ2) is 7.67.